The summed E-state index contributed by atoms with van der Waals surface area (Å²) in [6.07, 6.45) is -0.116. The number of hydrogen-bond acceptors (Lipinski definition) is 5. The molecule has 0 radical (unpaired) electrons. The van der Waals surface area contributed by atoms with Crippen LogP contribution in [0.1, 0.15) is 82.7 Å². The lowest BCUT2D eigenvalue weighted by Crippen LogP contribution is -2.50. The fourth-order valence-electron chi connectivity index (χ4n) is 7.73. The number of carboxylic acid groups (broad SMARTS) is 1. The van der Waals surface area contributed by atoms with Gasteiger partial charge in [0.25, 0.3) is 0 Å². The van der Waals surface area contributed by atoms with Crippen molar-refractivity contribution in [1.82, 2.24) is 0 Å². The first kappa shape index (κ1) is 37.9. The van der Waals surface area contributed by atoms with E-state index < -0.39 is 26.0 Å². The highest BCUT2D eigenvalue weighted by molar-refractivity contribution is 6.77. The maximum absolute atomic E-state index is 12.2. The van der Waals surface area contributed by atoms with Gasteiger partial charge in [-0.25, -0.2) is 0 Å². The molecule has 4 aromatic rings. The van der Waals surface area contributed by atoms with Gasteiger partial charge in [0.05, 0.1) is 26.9 Å². The molecule has 0 aliphatic heterocycles. The molecule has 0 saturated carbocycles. The van der Waals surface area contributed by atoms with E-state index in [0.29, 0.717) is 34.5 Å². The molecule has 262 valence electrons. The Morgan fingerprint density at radius 3 is 1.51 bits per heavy atom. The molecule has 4 aromatic carbocycles. The topological polar surface area (TPSA) is 74.2 Å². The van der Waals surface area contributed by atoms with Crippen LogP contribution < -0.4 is 9.47 Å². The van der Waals surface area contributed by atoms with Crippen molar-refractivity contribution in [2.75, 3.05) is 20.8 Å². The Hall–Kier alpha value is -3.91. The molecular formula is C42H54O6Si. The molecule has 1 N–H and O–H groups in total. The first-order valence-corrected chi connectivity index (χ1v) is 19.6. The van der Waals surface area contributed by atoms with Crippen molar-refractivity contribution in [3.05, 3.63) is 131 Å². The Bertz CT molecular complexity index is 1470. The average Bonchev–Trinajstić information content (AvgIpc) is 3.11. The van der Waals surface area contributed by atoms with Crippen molar-refractivity contribution in [2.45, 2.75) is 82.7 Å². The summed E-state index contributed by atoms with van der Waals surface area (Å²) in [5.74, 6) is 0.0636. The van der Waals surface area contributed by atoms with Crippen LogP contribution in [-0.2, 0) is 19.6 Å². The van der Waals surface area contributed by atoms with Gasteiger partial charge in [0.2, 0.25) is 8.32 Å². The third-order valence-corrected chi connectivity index (χ3v) is 16.1. The number of hydrogen-bond donors (Lipinski definition) is 1. The minimum atomic E-state index is -2.48. The number of methoxy groups -OCH3 is 2. The predicted octanol–water partition coefficient (Wildman–Crippen LogP) is 10.4. The van der Waals surface area contributed by atoms with Crippen LogP contribution in [0.5, 0.6) is 11.5 Å². The first-order chi connectivity index (χ1) is 23.5. The van der Waals surface area contributed by atoms with E-state index in [1.165, 1.54) is 0 Å². The van der Waals surface area contributed by atoms with Crippen LogP contribution in [-0.4, -0.2) is 40.2 Å². The number of carbonyl (C=O) groups is 1. The molecule has 0 saturated heterocycles. The second-order valence-corrected chi connectivity index (χ2v) is 19.2. The maximum Gasteiger partial charge on any atom is 0.303 e. The van der Waals surface area contributed by atoms with Crippen molar-refractivity contribution in [3.63, 3.8) is 0 Å². The molecule has 0 spiro atoms. The monoisotopic (exact) mass is 682 g/mol. The molecule has 7 heteroatoms. The molecule has 0 amide bonds. The van der Waals surface area contributed by atoms with Crippen LogP contribution in [0.25, 0.3) is 0 Å². The van der Waals surface area contributed by atoms with Crippen LogP contribution >= 0.6 is 0 Å². The summed E-state index contributed by atoms with van der Waals surface area (Å²) in [4.78, 5) is 12.2. The van der Waals surface area contributed by atoms with Crippen LogP contribution in [0.3, 0.4) is 0 Å². The molecule has 0 heterocycles. The molecule has 0 fully saturated rings. The van der Waals surface area contributed by atoms with E-state index in [1.807, 2.05) is 72.8 Å². The molecule has 6 nitrogen and oxygen atoms in total. The van der Waals surface area contributed by atoms with Crippen LogP contribution in [0, 0.1) is 5.92 Å². The largest absolute Gasteiger partial charge is 0.493 e. The Morgan fingerprint density at radius 1 is 0.673 bits per heavy atom. The van der Waals surface area contributed by atoms with Gasteiger partial charge < -0.3 is 23.7 Å². The summed E-state index contributed by atoms with van der Waals surface area (Å²) in [6.45, 7) is 13.9. The van der Waals surface area contributed by atoms with E-state index in [0.717, 1.165) is 22.3 Å². The fraction of sp³-hybridized carbons (Fsp3) is 0.405. The lowest BCUT2D eigenvalue weighted by Gasteiger charge is -2.47. The lowest BCUT2D eigenvalue weighted by molar-refractivity contribution is -0.137. The normalized spacial score (nSPS) is 13.4. The van der Waals surface area contributed by atoms with E-state index in [1.54, 1.807) is 14.2 Å². The van der Waals surface area contributed by atoms with Crippen molar-refractivity contribution in [3.8, 4) is 11.5 Å². The molecule has 4 rings (SSSR count). The summed E-state index contributed by atoms with van der Waals surface area (Å²) in [5, 5.41) is 10.0. The molecule has 49 heavy (non-hydrogen) atoms. The van der Waals surface area contributed by atoms with Crippen LogP contribution in [0.4, 0.5) is 0 Å². The third-order valence-electron chi connectivity index (χ3n) is 9.99. The fourth-order valence-corrected chi connectivity index (χ4v) is 13.3. The summed E-state index contributed by atoms with van der Waals surface area (Å²) >= 11 is 0. The van der Waals surface area contributed by atoms with E-state index in [2.05, 4.69) is 77.9 Å². The first-order valence-electron chi connectivity index (χ1n) is 17.4. The molecule has 0 aromatic heterocycles. The zero-order valence-electron chi connectivity index (χ0n) is 30.4. The quantitative estimate of drug-likeness (QED) is 0.0832. The summed E-state index contributed by atoms with van der Waals surface area (Å²) < 4.78 is 26.4. The second kappa shape index (κ2) is 17.1. The van der Waals surface area contributed by atoms with Crippen molar-refractivity contribution in [1.29, 1.82) is 0 Å². The van der Waals surface area contributed by atoms with Crippen LogP contribution in [0.15, 0.2) is 109 Å². The Labute approximate surface area is 294 Å². The van der Waals surface area contributed by atoms with Crippen molar-refractivity contribution >= 4 is 14.3 Å². The maximum atomic E-state index is 12.2. The number of aliphatic carboxylic acids is 1. The van der Waals surface area contributed by atoms with E-state index in [4.69, 9.17) is 18.6 Å². The zero-order valence-corrected chi connectivity index (χ0v) is 31.4. The van der Waals surface area contributed by atoms with Crippen molar-refractivity contribution in [2.24, 2.45) is 5.92 Å². The summed E-state index contributed by atoms with van der Waals surface area (Å²) in [7, 11) is 0.772. The highest BCUT2D eigenvalue weighted by atomic mass is 28.4. The van der Waals surface area contributed by atoms with Gasteiger partial charge in [0, 0.05) is 12.3 Å². The highest BCUT2D eigenvalue weighted by Gasteiger charge is 2.48. The number of benzene rings is 4. The van der Waals surface area contributed by atoms with Gasteiger partial charge in [-0.3, -0.25) is 4.79 Å². The molecule has 0 aliphatic carbocycles. The van der Waals surface area contributed by atoms with Gasteiger partial charge in [-0.1, -0.05) is 139 Å². The second-order valence-electron chi connectivity index (χ2n) is 13.8. The molecule has 0 bridgehead atoms. The highest BCUT2D eigenvalue weighted by Crippen LogP contribution is 2.49. The minimum Gasteiger partial charge on any atom is -0.493 e. The molecular weight excluding hydrogens is 629 g/mol. The van der Waals surface area contributed by atoms with E-state index in [-0.39, 0.29) is 18.9 Å². The number of carboxylic acids is 1. The Balaban J connectivity index is 1.95. The van der Waals surface area contributed by atoms with Gasteiger partial charge in [0.1, 0.15) is 5.60 Å². The summed E-state index contributed by atoms with van der Waals surface area (Å²) in [6, 6.07) is 36.7. The molecule has 0 aliphatic rings. The Kier molecular flexibility index (Phi) is 13.3. The van der Waals surface area contributed by atoms with Crippen molar-refractivity contribution < 1.29 is 28.5 Å². The van der Waals surface area contributed by atoms with Gasteiger partial charge >= 0.3 is 5.97 Å². The van der Waals surface area contributed by atoms with Crippen LogP contribution in [0.2, 0.25) is 16.6 Å². The Morgan fingerprint density at radius 2 is 1.12 bits per heavy atom. The predicted molar refractivity (Wildman–Crippen MR) is 200 cm³/mol. The summed E-state index contributed by atoms with van der Waals surface area (Å²) in [5.41, 5.74) is 3.86. The van der Waals surface area contributed by atoms with E-state index in [9.17, 15) is 9.90 Å². The minimum absolute atomic E-state index is 0.0181. The molecule has 0 unspecified atom stereocenters. The van der Waals surface area contributed by atoms with Gasteiger partial charge in [-0.05, 0) is 57.4 Å². The van der Waals surface area contributed by atoms with Gasteiger partial charge in [0.15, 0.2) is 11.5 Å². The van der Waals surface area contributed by atoms with E-state index >= 15 is 0 Å². The van der Waals surface area contributed by atoms with Gasteiger partial charge in [-0.2, -0.15) is 0 Å². The number of rotatable bonds is 18. The SMILES string of the molecule is COc1ccc([C@@H](O[Si](C(C)C)(C(C)C)C(C)C)[C@@H](CCC(=O)O)COC(c2ccccc2)(c2ccccc2)c2ccccc2)cc1OC. The zero-order chi connectivity index (χ0) is 35.6. The third kappa shape index (κ3) is 8.28. The standard InChI is InChI=1S/C42H54O6Si/c1-30(2)49(31(3)4,32(5)6)48-41(33-24-26-38(45-7)39(28-33)46-8)34(25-27-40(43)44)29-47-42(35-18-12-9-13-19-35,36-20-14-10-15-21-36)37-22-16-11-17-23-37/h9-24,26,28,30-32,34,41H,25,27,29H2,1-8H3,(H,43,44)/t34-,41+/m0/s1. The smallest absolute Gasteiger partial charge is 0.303 e. The average molecular weight is 683 g/mol. The molecule has 2 atom stereocenters. The van der Waals surface area contributed by atoms with Gasteiger partial charge in [-0.15, -0.1) is 0 Å². The number of ether oxygens (including phenoxy) is 3. The lowest BCUT2D eigenvalue weighted by atomic mass is 9.79.